The summed E-state index contributed by atoms with van der Waals surface area (Å²) in [4.78, 5) is 26.7. The van der Waals surface area contributed by atoms with Gasteiger partial charge in [-0.05, 0) is 6.92 Å². The van der Waals surface area contributed by atoms with Crippen LogP contribution in [0.4, 0.5) is 0 Å². The van der Waals surface area contributed by atoms with Crippen LogP contribution in [0.3, 0.4) is 0 Å². The minimum Gasteiger partial charge on any atom is -0.366 e. The molecule has 21 heavy (non-hydrogen) atoms. The molecule has 0 radical (unpaired) electrons. The second-order valence-corrected chi connectivity index (χ2v) is 6.88. The van der Waals surface area contributed by atoms with Crippen LogP contribution in [0.2, 0.25) is 0 Å². The van der Waals surface area contributed by atoms with Crippen molar-refractivity contribution in [1.29, 1.82) is 0 Å². The van der Waals surface area contributed by atoms with Crippen molar-refractivity contribution in [1.82, 2.24) is 20.5 Å². The number of nitrogens with zero attached hydrogens (tertiary/aromatic N) is 2. The quantitative estimate of drug-likeness (QED) is 0.904. The second-order valence-electron chi connectivity index (χ2n) is 5.81. The first-order chi connectivity index (χ1) is 9.79. The Kier molecular flexibility index (Phi) is 4.22. The second kappa shape index (κ2) is 5.77. The Balaban J connectivity index is 2.06. The average Bonchev–Trinajstić information content (AvgIpc) is 2.88. The predicted octanol–water partition coefficient (Wildman–Crippen LogP) is 1.76. The number of aromatic amines is 1. The maximum Gasteiger partial charge on any atom is 0.257 e. The Hall–Kier alpha value is -2.02. The number of nitrogens with one attached hydrogen (secondary N) is 2. The van der Waals surface area contributed by atoms with Crippen molar-refractivity contribution in [3.05, 3.63) is 43.8 Å². The van der Waals surface area contributed by atoms with Crippen molar-refractivity contribution >= 4 is 17.2 Å². The summed E-state index contributed by atoms with van der Waals surface area (Å²) in [6.07, 6.45) is 2.98. The van der Waals surface area contributed by atoms with Gasteiger partial charge in [0, 0.05) is 23.4 Å². The number of pyridine rings is 1. The fourth-order valence-corrected chi connectivity index (χ4v) is 2.48. The smallest absolute Gasteiger partial charge is 0.257 e. The molecule has 0 aliphatic rings. The van der Waals surface area contributed by atoms with Gasteiger partial charge >= 0.3 is 0 Å². The number of aryl methyl sites for hydroxylation is 1. The summed E-state index contributed by atoms with van der Waals surface area (Å²) in [5, 5.41) is 12.5. The molecule has 0 unspecified atom stereocenters. The molecule has 2 rings (SSSR count). The van der Waals surface area contributed by atoms with Gasteiger partial charge in [0.15, 0.2) is 5.43 Å². The number of amides is 1. The van der Waals surface area contributed by atoms with Crippen LogP contribution in [0.1, 0.15) is 46.7 Å². The monoisotopic (exact) mass is 306 g/mol. The van der Waals surface area contributed by atoms with Crippen LogP contribution in [-0.2, 0) is 12.0 Å². The van der Waals surface area contributed by atoms with E-state index in [0.717, 1.165) is 10.0 Å². The van der Waals surface area contributed by atoms with Gasteiger partial charge < -0.3 is 10.3 Å². The molecule has 0 aromatic carbocycles. The standard InChI is InChI=1S/C14H18N4O2S/c1-8-5-15-6-9(11(8)19)12(20)16-7-10-17-18-13(21-10)14(2,3)4/h5-6H,7H2,1-4H3,(H,15,19)(H,16,20). The lowest BCUT2D eigenvalue weighted by molar-refractivity contribution is 0.0949. The summed E-state index contributed by atoms with van der Waals surface area (Å²) in [6, 6.07) is 0. The molecule has 0 aliphatic heterocycles. The lowest BCUT2D eigenvalue weighted by atomic mass is 9.98. The number of H-pyrrole nitrogens is 1. The van der Waals surface area contributed by atoms with Crippen molar-refractivity contribution in [2.24, 2.45) is 0 Å². The van der Waals surface area contributed by atoms with Crippen molar-refractivity contribution in [3.63, 3.8) is 0 Å². The van der Waals surface area contributed by atoms with E-state index in [2.05, 4.69) is 41.3 Å². The molecular formula is C14H18N4O2S. The number of rotatable bonds is 3. The number of aromatic nitrogens is 3. The highest BCUT2D eigenvalue weighted by atomic mass is 32.1. The summed E-state index contributed by atoms with van der Waals surface area (Å²) in [6.45, 7) is 8.10. The summed E-state index contributed by atoms with van der Waals surface area (Å²) >= 11 is 1.46. The molecular weight excluding hydrogens is 288 g/mol. The molecule has 0 aliphatic carbocycles. The van der Waals surface area contributed by atoms with Gasteiger partial charge in [-0.25, -0.2) is 0 Å². The zero-order valence-electron chi connectivity index (χ0n) is 12.5. The molecule has 2 N–H and O–H groups in total. The van der Waals surface area contributed by atoms with Crippen LogP contribution < -0.4 is 10.7 Å². The van der Waals surface area contributed by atoms with Gasteiger partial charge in [0.2, 0.25) is 0 Å². The third-order valence-corrected chi connectivity index (χ3v) is 4.23. The van der Waals surface area contributed by atoms with E-state index in [-0.39, 0.29) is 23.0 Å². The van der Waals surface area contributed by atoms with Crippen LogP contribution >= 0.6 is 11.3 Å². The number of hydrogen-bond donors (Lipinski definition) is 2. The zero-order chi connectivity index (χ0) is 15.6. The van der Waals surface area contributed by atoms with Crippen LogP contribution in [0.25, 0.3) is 0 Å². The maximum absolute atomic E-state index is 12.0. The summed E-state index contributed by atoms with van der Waals surface area (Å²) in [5.74, 6) is -0.410. The van der Waals surface area contributed by atoms with Crippen molar-refractivity contribution < 1.29 is 4.79 Å². The Morgan fingerprint density at radius 3 is 2.67 bits per heavy atom. The molecule has 0 saturated heterocycles. The molecule has 112 valence electrons. The van der Waals surface area contributed by atoms with Crippen LogP contribution in [-0.4, -0.2) is 21.1 Å². The molecule has 0 spiro atoms. The molecule has 2 aromatic heterocycles. The number of carbonyl (C=O) groups is 1. The van der Waals surface area contributed by atoms with Gasteiger partial charge in [0.1, 0.15) is 15.6 Å². The minimum atomic E-state index is -0.410. The van der Waals surface area contributed by atoms with Gasteiger partial charge in [-0.2, -0.15) is 0 Å². The van der Waals surface area contributed by atoms with Crippen LogP contribution in [0.5, 0.6) is 0 Å². The average molecular weight is 306 g/mol. The first-order valence-corrected chi connectivity index (χ1v) is 7.39. The molecule has 0 bridgehead atoms. The zero-order valence-corrected chi connectivity index (χ0v) is 13.3. The SMILES string of the molecule is Cc1c[nH]cc(C(=O)NCc2nnc(C(C)(C)C)s2)c1=O. The molecule has 2 aromatic rings. The Morgan fingerprint density at radius 2 is 2.05 bits per heavy atom. The molecule has 6 nitrogen and oxygen atoms in total. The minimum absolute atomic E-state index is 0.0619. The lowest BCUT2D eigenvalue weighted by Gasteiger charge is -2.12. The normalized spacial score (nSPS) is 11.4. The third-order valence-electron chi connectivity index (χ3n) is 2.88. The van der Waals surface area contributed by atoms with E-state index in [0.29, 0.717) is 5.56 Å². The van der Waals surface area contributed by atoms with E-state index in [9.17, 15) is 9.59 Å². The molecule has 7 heteroatoms. The van der Waals surface area contributed by atoms with Gasteiger partial charge in [-0.3, -0.25) is 9.59 Å². The first-order valence-electron chi connectivity index (χ1n) is 6.58. The molecule has 0 fully saturated rings. The highest BCUT2D eigenvalue weighted by Crippen LogP contribution is 2.25. The highest BCUT2D eigenvalue weighted by molar-refractivity contribution is 7.11. The van der Waals surface area contributed by atoms with E-state index >= 15 is 0 Å². The van der Waals surface area contributed by atoms with Gasteiger partial charge in [0.25, 0.3) is 5.91 Å². The Morgan fingerprint density at radius 1 is 1.33 bits per heavy atom. The molecule has 2 heterocycles. The largest absolute Gasteiger partial charge is 0.366 e. The highest BCUT2D eigenvalue weighted by Gasteiger charge is 2.19. The van der Waals surface area contributed by atoms with E-state index in [1.54, 1.807) is 13.1 Å². The van der Waals surface area contributed by atoms with Gasteiger partial charge in [0.05, 0.1) is 6.54 Å². The fraction of sp³-hybridized carbons (Fsp3) is 0.429. The first kappa shape index (κ1) is 15.4. The van der Waals surface area contributed by atoms with Crippen LogP contribution in [0, 0.1) is 6.92 Å². The van der Waals surface area contributed by atoms with E-state index in [1.807, 2.05) is 0 Å². The molecule has 0 atom stereocenters. The Labute approximate surface area is 126 Å². The summed E-state index contributed by atoms with van der Waals surface area (Å²) < 4.78 is 0. The summed E-state index contributed by atoms with van der Waals surface area (Å²) in [7, 11) is 0. The van der Waals surface area contributed by atoms with Crippen molar-refractivity contribution in [2.75, 3.05) is 0 Å². The Bertz CT molecular complexity index is 712. The lowest BCUT2D eigenvalue weighted by Crippen LogP contribution is -2.29. The molecule has 1 amide bonds. The third kappa shape index (κ3) is 3.55. The van der Waals surface area contributed by atoms with Crippen molar-refractivity contribution in [2.45, 2.75) is 39.7 Å². The number of carbonyl (C=O) groups excluding carboxylic acids is 1. The van der Waals surface area contributed by atoms with E-state index < -0.39 is 5.91 Å². The number of hydrogen-bond acceptors (Lipinski definition) is 5. The van der Waals surface area contributed by atoms with E-state index in [4.69, 9.17) is 0 Å². The fourth-order valence-electron chi connectivity index (χ4n) is 1.64. The molecule has 0 saturated carbocycles. The van der Waals surface area contributed by atoms with Crippen LogP contribution in [0.15, 0.2) is 17.2 Å². The van der Waals surface area contributed by atoms with Gasteiger partial charge in [-0.15, -0.1) is 10.2 Å². The van der Waals surface area contributed by atoms with E-state index in [1.165, 1.54) is 17.5 Å². The van der Waals surface area contributed by atoms with Crippen molar-refractivity contribution in [3.8, 4) is 0 Å². The topological polar surface area (TPSA) is 87.7 Å². The summed E-state index contributed by atoms with van der Waals surface area (Å²) in [5.41, 5.74) is 0.288. The predicted molar refractivity (Wildman–Crippen MR) is 81.6 cm³/mol. The van der Waals surface area contributed by atoms with Gasteiger partial charge in [-0.1, -0.05) is 32.1 Å². The maximum atomic E-state index is 12.0.